The number of carbonyl (C=O) groups is 2. The van der Waals surface area contributed by atoms with Crippen LogP contribution in [0, 0.1) is 5.92 Å². The average molecular weight is 334 g/mol. The van der Waals surface area contributed by atoms with Gasteiger partial charge in [0.25, 0.3) is 5.91 Å². The smallest absolute Gasteiger partial charge is 0.322 e. The van der Waals surface area contributed by atoms with Gasteiger partial charge in [-0.15, -0.1) is 0 Å². The van der Waals surface area contributed by atoms with E-state index in [0.29, 0.717) is 24.5 Å². The molecule has 120 valence electrons. The van der Waals surface area contributed by atoms with Crippen molar-refractivity contribution in [2.75, 3.05) is 18.0 Å². The molecule has 2 aliphatic heterocycles. The molecule has 0 unspecified atom stereocenters. The predicted molar refractivity (Wildman–Crippen MR) is 86.5 cm³/mol. The number of hydrogen-bond acceptors (Lipinski definition) is 4. The van der Waals surface area contributed by atoms with Crippen LogP contribution in [0.4, 0.5) is 10.5 Å². The van der Waals surface area contributed by atoms with E-state index in [9.17, 15) is 9.59 Å². The Bertz CT molecular complexity index is 819. The van der Waals surface area contributed by atoms with Crippen LogP contribution in [0.1, 0.15) is 13.3 Å². The molecule has 2 atom stereocenters. The van der Waals surface area contributed by atoms with Gasteiger partial charge in [0.2, 0.25) is 0 Å². The van der Waals surface area contributed by atoms with Crippen molar-refractivity contribution in [1.29, 1.82) is 0 Å². The van der Waals surface area contributed by atoms with Crippen molar-refractivity contribution in [3.05, 3.63) is 23.4 Å². The molecule has 1 spiro atoms. The first-order chi connectivity index (χ1) is 11.0. The van der Waals surface area contributed by atoms with E-state index in [1.54, 1.807) is 6.20 Å². The highest BCUT2D eigenvalue weighted by molar-refractivity contribution is 6.31. The van der Waals surface area contributed by atoms with Crippen molar-refractivity contribution >= 4 is 40.1 Å². The molecule has 0 aliphatic carbocycles. The van der Waals surface area contributed by atoms with Crippen molar-refractivity contribution in [1.82, 2.24) is 20.8 Å². The number of anilines is 1. The first-order valence-corrected chi connectivity index (χ1v) is 7.88. The number of amides is 3. The number of nitrogens with zero attached hydrogens (tertiary/aromatic N) is 2. The van der Waals surface area contributed by atoms with Crippen molar-refractivity contribution in [3.8, 4) is 0 Å². The van der Waals surface area contributed by atoms with Crippen LogP contribution in [-0.2, 0) is 4.79 Å². The molecule has 7 nitrogen and oxygen atoms in total. The summed E-state index contributed by atoms with van der Waals surface area (Å²) < 4.78 is 0. The molecule has 0 saturated carbocycles. The van der Waals surface area contributed by atoms with Gasteiger partial charge in [0.05, 0.1) is 11.7 Å². The van der Waals surface area contributed by atoms with Crippen molar-refractivity contribution < 1.29 is 9.59 Å². The highest BCUT2D eigenvalue weighted by atomic mass is 35.5. The minimum Gasteiger partial charge on any atom is -0.370 e. The van der Waals surface area contributed by atoms with Gasteiger partial charge in [-0.2, -0.15) is 5.10 Å². The maximum absolute atomic E-state index is 12.2. The number of urea groups is 1. The number of halogens is 1. The van der Waals surface area contributed by atoms with Crippen LogP contribution in [0.3, 0.4) is 0 Å². The number of benzene rings is 1. The first kappa shape index (κ1) is 14.3. The van der Waals surface area contributed by atoms with Gasteiger partial charge in [-0.3, -0.25) is 15.2 Å². The molecular formula is C15H16ClN5O2. The van der Waals surface area contributed by atoms with Crippen LogP contribution in [0.5, 0.6) is 0 Å². The van der Waals surface area contributed by atoms with Gasteiger partial charge in [0, 0.05) is 35.1 Å². The maximum Gasteiger partial charge on any atom is 0.322 e. The second-order valence-corrected chi connectivity index (χ2v) is 6.67. The predicted octanol–water partition coefficient (Wildman–Crippen LogP) is 1.64. The zero-order valence-electron chi connectivity index (χ0n) is 12.5. The molecule has 4 rings (SSSR count). The zero-order chi connectivity index (χ0) is 16.2. The Balaban J connectivity index is 1.67. The molecule has 3 amide bonds. The largest absolute Gasteiger partial charge is 0.370 e. The third-order valence-electron chi connectivity index (χ3n) is 4.92. The summed E-state index contributed by atoms with van der Waals surface area (Å²) in [4.78, 5) is 25.9. The minimum absolute atomic E-state index is 0.0244. The number of aromatic nitrogens is 2. The molecule has 2 aliphatic rings. The number of nitrogens with one attached hydrogen (secondary N) is 3. The molecule has 0 bridgehead atoms. The summed E-state index contributed by atoms with van der Waals surface area (Å²) in [6.45, 7) is 3.28. The van der Waals surface area contributed by atoms with E-state index in [0.717, 1.165) is 16.6 Å². The number of carbonyl (C=O) groups excluding carboxylic acids is 2. The Morgan fingerprint density at radius 1 is 1.39 bits per heavy atom. The van der Waals surface area contributed by atoms with Crippen molar-refractivity contribution in [2.24, 2.45) is 5.92 Å². The molecular weight excluding hydrogens is 318 g/mol. The summed E-state index contributed by atoms with van der Waals surface area (Å²) in [5.74, 6) is -0.252. The SMILES string of the molecule is C[C@@H]1CN(c2cc(Cl)cc3[nH]ncc23)CC[C@]12NC(=O)NC2=O. The molecule has 2 fully saturated rings. The van der Waals surface area contributed by atoms with Gasteiger partial charge in [-0.05, 0) is 18.6 Å². The molecule has 3 N–H and O–H groups in total. The number of aromatic amines is 1. The molecule has 1 aromatic carbocycles. The fraction of sp³-hybridized carbons (Fsp3) is 0.400. The molecule has 1 aromatic heterocycles. The Morgan fingerprint density at radius 2 is 2.22 bits per heavy atom. The van der Waals surface area contributed by atoms with Crippen LogP contribution >= 0.6 is 11.6 Å². The molecule has 3 heterocycles. The number of rotatable bonds is 1. The van der Waals surface area contributed by atoms with Gasteiger partial charge >= 0.3 is 6.03 Å². The summed E-state index contributed by atoms with van der Waals surface area (Å²) in [6, 6.07) is 3.35. The van der Waals surface area contributed by atoms with Crippen molar-refractivity contribution in [3.63, 3.8) is 0 Å². The highest BCUT2D eigenvalue weighted by Crippen LogP contribution is 2.36. The van der Waals surface area contributed by atoms with Crippen LogP contribution in [0.15, 0.2) is 18.3 Å². The van der Waals surface area contributed by atoms with Gasteiger partial charge in [-0.25, -0.2) is 4.79 Å². The lowest BCUT2D eigenvalue weighted by molar-refractivity contribution is -0.126. The van der Waals surface area contributed by atoms with E-state index in [1.807, 2.05) is 19.1 Å². The minimum atomic E-state index is -0.804. The van der Waals surface area contributed by atoms with Gasteiger partial charge in [-0.1, -0.05) is 18.5 Å². The summed E-state index contributed by atoms with van der Waals surface area (Å²) in [6.07, 6.45) is 2.33. The summed E-state index contributed by atoms with van der Waals surface area (Å²) >= 11 is 6.20. The molecule has 0 radical (unpaired) electrons. The fourth-order valence-corrected chi connectivity index (χ4v) is 3.85. The van der Waals surface area contributed by atoms with Crippen LogP contribution in [-0.4, -0.2) is 40.8 Å². The average Bonchev–Trinajstić information content (AvgIpc) is 3.06. The van der Waals surface area contributed by atoms with E-state index in [-0.39, 0.29) is 11.8 Å². The zero-order valence-corrected chi connectivity index (χ0v) is 13.3. The fourth-order valence-electron chi connectivity index (χ4n) is 3.64. The van der Waals surface area contributed by atoms with Crippen LogP contribution < -0.4 is 15.5 Å². The van der Waals surface area contributed by atoms with Crippen molar-refractivity contribution in [2.45, 2.75) is 18.9 Å². The Labute approximate surface area is 137 Å². The molecule has 23 heavy (non-hydrogen) atoms. The Kier molecular flexibility index (Phi) is 3.02. The van der Waals surface area contributed by atoms with Gasteiger partial charge < -0.3 is 10.2 Å². The molecule has 2 saturated heterocycles. The number of piperidine rings is 1. The lowest BCUT2D eigenvalue weighted by Crippen LogP contribution is -2.60. The van der Waals surface area contributed by atoms with Crippen LogP contribution in [0.2, 0.25) is 5.02 Å². The quantitative estimate of drug-likeness (QED) is 0.692. The third kappa shape index (κ3) is 2.07. The summed E-state index contributed by atoms with van der Waals surface area (Å²) in [5, 5.41) is 13.8. The highest BCUT2D eigenvalue weighted by Gasteiger charge is 2.52. The molecule has 2 aromatic rings. The second kappa shape index (κ2) is 4.86. The summed E-state index contributed by atoms with van der Waals surface area (Å²) in [5.41, 5.74) is 1.07. The standard InChI is InChI=1S/C15H16ClN5O2/c1-8-7-21(3-2-15(8)13(22)18-14(23)19-15)12-5-9(16)4-11-10(12)6-17-20-11/h4-6,8H,2-3,7H2,1H3,(H,17,20)(H2,18,19,22,23)/t8-,15+/m1/s1. The monoisotopic (exact) mass is 333 g/mol. The van der Waals surface area contributed by atoms with E-state index in [4.69, 9.17) is 11.6 Å². The normalized spacial score (nSPS) is 27.6. The lowest BCUT2D eigenvalue weighted by atomic mass is 9.78. The maximum atomic E-state index is 12.2. The Morgan fingerprint density at radius 3 is 2.91 bits per heavy atom. The topological polar surface area (TPSA) is 90.1 Å². The van der Waals surface area contributed by atoms with Gasteiger partial charge in [0.15, 0.2) is 0 Å². The number of imide groups is 1. The third-order valence-corrected chi connectivity index (χ3v) is 5.14. The first-order valence-electron chi connectivity index (χ1n) is 7.51. The van der Waals surface area contributed by atoms with E-state index in [1.165, 1.54) is 0 Å². The van der Waals surface area contributed by atoms with E-state index < -0.39 is 11.6 Å². The van der Waals surface area contributed by atoms with Crippen LogP contribution in [0.25, 0.3) is 10.9 Å². The lowest BCUT2D eigenvalue weighted by Gasteiger charge is -2.43. The number of fused-ring (bicyclic) bond motifs is 1. The Hall–Kier alpha value is -2.28. The van der Waals surface area contributed by atoms with E-state index >= 15 is 0 Å². The second-order valence-electron chi connectivity index (χ2n) is 6.23. The number of hydrogen-bond donors (Lipinski definition) is 3. The van der Waals surface area contributed by atoms with E-state index in [2.05, 4.69) is 25.7 Å². The molecule has 8 heteroatoms. The van der Waals surface area contributed by atoms with Gasteiger partial charge in [0.1, 0.15) is 5.54 Å². The summed E-state index contributed by atoms with van der Waals surface area (Å²) in [7, 11) is 0. The number of H-pyrrole nitrogens is 1.